The average Bonchev–Trinajstić information content (AvgIpc) is 2.70. The van der Waals surface area contributed by atoms with Crippen molar-refractivity contribution in [1.29, 1.82) is 0 Å². The number of piperazine rings is 1. The molecule has 0 spiro atoms. The predicted molar refractivity (Wildman–Crippen MR) is 95.0 cm³/mol. The van der Waals surface area contributed by atoms with Crippen molar-refractivity contribution in [2.75, 3.05) is 44.6 Å². The number of halogens is 1. The summed E-state index contributed by atoms with van der Waals surface area (Å²) in [4.78, 5) is 26.3. The van der Waals surface area contributed by atoms with Gasteiger partial charge in [-0.15, -0.1) is 0 Å². The molecule has 1 fully saturated rings. The lowest BCUT2D eigenvalue weighted by Crippen LogP contribution is -2.45. The van der Waals surface area contributed by atoms with Crippen LogP contribution in [0, 0.1) is 5.82 Å². The van der Waals surface area contributed by atoms with Crippen molar-refractivity contribution in [1.82, 2.24) is 9.47 Å². The summed E-state index contributed by atoms with van der Waals surface area (Å²) in [6, 6.07) is -0.616. The van der Waals surface area contributed by atoms with E-state index in [0.717, 1.165) is 26.6 Å². The van der Waals surface area contributed by atoms with E-state index in [0.29, 0.717) is 0 Å². The largest absolute Gasteiger partial charge is 0.487 e. The van der Waals surface area contributed by atoms with Gasteiger partial charge in [-0.2, -0.15) is 0 Å². The van der Waals surface area contributed by atoms with E-state index in [2.05, 4.69) is 0 Å². The molecule has 3 atom stereocenters. The molecule has 2 aromatic rings. The normalized spacial score (nSPS) is 31.4. The number of rotatable bonds is 2. The lowest BCUT2D eigenvalue weighted by atomic mass is 10.1. The van der Waals surface area contributed by atoms with Gasteiger partial charge in [0.05, 0.1) is 18.3 Å². The molecule has 2 aliphatic rings. The van der Waals surface area contributed by atoms with E-state index in [4.69, 9.17) is 15.7 Å². The maximum absolute atomic E-state index is 15.4. The molecule has 1 saturated heterocycles. The van der Waals surface area contributed by atoms with Gasteiger partial charge < -0.3 is 24.2 Å². The van der Waals surface area contributed by atoms with Gasteiger partial charge >= 0.3 is 5.97 Å². The summed E-state index contributed by atoms with van der Waals surface area (Å²) in [5.74, 6) is -2.93. The summed E-state index contributed by atoms with van der Waals surface area (Å²) in [5.41, 5.74) is -2.24. The summed E-state index contributed by atoms with van der Waals surface area (Å²) in [5, 5.41) is 9.01. The lowest BCUT2D eigenvalue weighted by Gasteiger charge is -2.37. The first-order chi connectivity index (χ1) is 15.6. The van der Waals surface area contributed by atoms with Gasteiger partial charge in [-0.05, 0) is 19.9 Å². The molecule has 1 N–H and O–H groups in total. The van der Waals surface area contributed by atoms with Gasteiger partial charge in [0, 0.05) is 41.9 Å². The fraction of sp³-hybridized carbons (Fsp3) is 0.444. The fourth-order valence-corrected chi connectivity index (χ4v) is 3.20. The van der Waals surface area contributed by atoms with Crippen molar-refractivity contribution in [2.24, 2.45) is 0 Å². The number of pyridine rings is 1. The van der Waals surface area contributed by atoms with Crippen molar-refractivity contribution in [3.63, 3.8) is 0 Å². The third-order valence-electron chi connectivity index (χ3n) is 4.45. The highest BCUT2D eigenvalue weighted by Crippen LogP contribution is 2.42. The molecule has 0 saturated carbocycles. The van der Waals surface area contributed by atoms with E-state index < -0.39 is 67.7 Å². The molecule has 3 unspecified atom stereocenters. The van der Waals surface area contributed by atoms with Crippen molar-refractivity contribution in [2.45, 2.75) is 12.9 Å². The lowest BCUT2D eigenvalue weighted by molar-refractivity contribution is 0.0694. The van der Waals surface area contributed by atoms with E-state index in [-0.39, 0.29) is 30.0 Å². The zero-order chi connectivity index (χ0) is 25.3. The number of anilines is 1. The fourth-order valence-electron chi connectivity index (χ4n) is 3.20. The Morgan fingerprint density at radius 1 is 1.46 bits per heavy atom. The number of hydrogen-bond acceptors (Lipinski definition) is 5. The second-order valence-electron chi connectivity index (χ2n) is 6.03. The smallest absolute Gasteiger partial charge is 0.341 e. The minimum Gasteiger partial charge on any atom is -0.487 e. The minimum absolute atomic E-state index is 0.147. The quantitative estimate of drug-likeness (QED) is 0.866. The molecule has 0 aliphatic carbocycles. The molecule has 1 aromatic heterocycles. The summed E-state index contributed by atoms with van der Waals surface area (Å²) in [7, 11) is 0. The highest BCUT2D eigenvalue weighted by molar-refractivity contribution is 5.97. The van der Waals surface area contributed by atoms with E-state index >= 15 is 4.39 Å². The summed E-state index contributed by atoms with van der Waals surface area (Å²) >= 11 is 0. The van der Waals surface area contributed by atoms with Gasteiger partial charge in [0.15, 0.2) is 11.6 Å². The van der Waals surface area contributed by atoms with E-state index in [1.165, 1.54) is 0 Å². The third-order valence-corrected chi connectivity index (χ3v) is 4.45. The van der Waals surface area contributed by atoms with Crippen LogP contribution in [0.15, 0.2) is 17.1 Å². The Morgan fingerprint density at radius 2 is 2.31 bits per heavy atom. The molecular weight excluding hydrogens is 341 g/mol. The average molecular weight is 369 g/mol. The number of carboxylic acid groups (broad SMARTS) is 1. The molecule has 1 aromatic carbocycles. The van der Waals surface area contributed by atoms with Crippen LogP contribution in [0.3, 0.4) is 0 Å². The number of aromatic carboxylic acids is 1. The Morgan fingerprint density at radius 3 is 3.04 bits per heavy atom. The Labute approximate surface area is 160 Å². The van der Waals surface area contributed by atoms with Gasteiger partial charge in [-0.25, -0.2) is 9.18 Å². The summed E-state index contributed by atoms with van der Waals surface area (Å²) < 4.78 is 84.7. The minimum atomic E-state index is -2.65. The highest BCUT2D eigenvalue weighted by atomic mass is 19.1. The van der Waals surface area contributed by atoms with E-state index in [1.54, 1.807) is 0 Å². The molecule has 0 bridgehead atoms. The molecule has 7 nitrogen and oxygen atoms in total. The van der Waals surface area contributed by atoms with Crippen LogP contribution in [-0.2, 0) is 0 Å². The molecule has 3 heterocycles. The van der Waals surface area contributed by atoms with Crippen LogP contribution in [0.4, 0.5) is 10.1 Å². The summed E-state index contributed by atoms with van der Waals surface area (Å²) in [6.45, 7) is -9.27. The van der Waals surface area contributed by atoms with Crippen molar-refractivity contribution in [3.8, 4) is 5.75 Å². The Hall–Kier alpha value is -2.61. The van der Waals surface area contributed by atoms with Gasteiger partial charge in [-0.3, -0.25) is 4.79 Å². The van der Waals surface area contributed by atoms with Gasteiger partial charge in [0.2, 0.25) is 5.43 Å². The molecule has 0 radical (unpaired) electrons. The first-order valence-corrected chi connectivity index (χ1v) is 7.80. The maximum atomic E-state index is 15.4. The second-order valence-corrected chi connectivity index (χ2v) is 6.03. The van der Waals surface area contributed by atoms with Gasteiger partial charge in [-0.1, -0.05) is 0 Å². The molecular formula is C18H20FN3O4. The topological polar surface area (TPSA) is 75.0 Å². The number of ether oxygens (including phenoxy) is 1. The van der Waals surface area contributed by atoms with Crippen molar-refractivity contribution < 1.29 is 30.0 Å². The first-order valence-electron chi connectivity index (χ1n) is 12.0. The number of hydrogen-bond donors (Lipinski definition) is 1. The molecule has 8 heteroatoms. The number of likely N-dealkylation sites (N-methyl/N-ethyl adjacent to an activating group) is 1. The molecule has 138 valence electrons. The standard InChI is InChI=1S/C18H20FN3O4/c1-10-9-26-17-14-11(16(23)12(18(24)25)8-22(10)14)7-13(19)15(17)21-5-3-20(2)4-6-21/h7-8,10H,3-6,9H2,1-2H3,(H,24,25)/i1D3,2D3,3D,5D. The predicted octanol–water partition coefficient (Wildman–Crippen LogP) is 1.54. The zero-order valence-electron chi connectivity index (χ0n) is 21.4. The molecule has 2 aliphatic heterocycles. The molecule has 0 amide bonds. The number of carboxylic acids is 1. The third kappa shape index (κ3) is 2.44. The van der Waals surface area contributed by atoms with E-state index in [1.807, 2.05) is 0 Å². The highest BCUT2D eigenvalue weighted by Gasteiger charge is 2.30. The Balaban J connectivity index is 1.96. The number of aromatic nitrogens is 1. The van der Waals surface area contributed by atoms with Crippen LogP contribution < -0.4 is 15.1 Å². The van der Waals surface area contributed by atoms with Crippen molar-refractivity contribution >= 4 is 22.6 Å². The molecule has 4 rings (SSSR count). The number of carbonyl (C=O) groups is 1. The van der Waals surface area contributed by atoms with Crippen LogP contribution in [-0.4, -0.2) is 60.3 Å². The van der Waals surface area contributed by atoms with Gasteiger partial charge in [0.25, 0.3) is 0 Å². The van der Waals surface area contributed by atoms with Crippen LogP contribution in [0.25, 0.3) is 10.9 Å². The SMILES string of the molecule is [2H]C1C([2H])N(C([2H])([2H])[2H])CCN1c1c(F)cc2c(=O)c(C(=O)O)cn3c2c1OCC3C([2H])([2H])[2H]. The van der Waals surface area contributed by atoms with Gasteiger partial charge in [0.1, 0.15) is 17.9 Å². The number of benzene rings is 1. The Bertz CT molecular complexity index is 1230. The van der Waals surface area contributed by atoms with Crippen molar-refractivity contribution in [3.05, 3.63) is 33.9 Å². The maximum Gasteiger partial charge on any atom is 0.341 e. The summed E-state index contributed by atoms with van der Waals surface area (Å²) in [6.07, 6.45) is 0.885. The van der Waals surface area contributed by atoms with Crippen LogP contribution in [0.1, 0.15) is 34.2 Å². The zero-order valence-corrected chi connectivity index (χ0v) is 13.4. The van der Waals surface area contributed by atoms with Crippen LogP contribution in [0.5, 0.6) is 5.75 Å². The van der Waals surface area contributed by atoms with Crippen LogP contribution >= 0.6 is 0 Å². The van der Waals surface area contributed by atoms with E-state index in [9.17, 15) is 14.7 Å². The monoisotopic (exact) mass is 369 g/mol. The first kappa shape index (κ1) is 9.91. The van der Waals surface area contributed by atoms with Crippen LogP contribution in [0.2, 0.25) is 0 Å². The molecule has 26 heavy (non-hydrogen) atoms. The Kier molecular flexibility index (Phi) is 2.28. The second kappa shape index (κ2) is 5.98. The number of nitrogens with zero attached hydrogens (tertiary/aromatic N) is 3.